The van der Waals surface area contributed by atoms with Crippen molar-refractivity contribution < 1.29 is 4.74 Å². The zero-order valence-electron chi connectivity index (χ0n) is 10.7. The number of nitrogens with zero attached hydrogens (tertiary/aromatic N) is 2. The van der Waals surface area contributed by atoms with Gasteiger partial charge in [-0.3, -0.25) is 4.98 Å². The van der Waals surface area contributed by atoms with E-state index in [-0.39, 0.29) is 0 Å². The maximum Gasteiger partial charge on any atom is 0.0929 e. The van der Waals surface area contributed by atoms with Gasteiger partial charge in [-0.2, -0.15) is 0 Å². The molecule has 19 heavy (non-hydrogen) atoms. The predicted octanol–water partition coefficient (Wildman–Crippen LogP) is 3.47. The van der Waals surface area contributed by atoms with Crippen LogP contribution in [-0.2, 0) is 23.5 Å². The summed E-state index contributed by atoms with van der Waals surface area (Å²) in [6.45, 7) is 1.49. The molecular formula is C14H17ClN2OS. The lowest BCUT2D eigenvalue weighted by Crippen LogP contribution is -2.02. The van der Waals surface area contributed by atoms with Crippen LogP contribution in [0.1, 0.15) is 22.8 Å². The molecule has 102 valence electrons. The van der Waals surface area contributed by atoms with Crippen molar-refractivity contribution in [2.45, 2.75) is 25.1 Å². The summed E-state index contributed by atoms with van der Waals surface area (Å²) < 4.78 is 5.60. The third-order valence-electron chi connectivity index (χ3n) is 2.64. The van der Waals surface area contributed by atoms with E-state index in [1.54, 1.807) is 11.3 Å². The number of aryl methyl sites for hydroxylation is 1. The average molecular weight is 297 g/mol. The van der Waals surface area contributed by atoms with Crippen molar-refractivity contribution in [1.82, 2.24) is 9.97 Å². The number of thiazole rings is 1. The summed E-state index contributed by atoms with van der Waals surface area (Å²) in [6, 6.07) is 5.94. The normalized spacial score (nSPS) is 10.8. The molecule has 0 radical (unpaired) electrons. The van der Waals surface area contributed by atoms with Crippen LogP contribution in [-0.4, -0.2) is 23.2 Å². The summed E-state index contributed by atoms with van der Waals surface area (Å²) in [5.74, 6) is 0.497. The number of pyridine rings is 1. The second kappa shape index (κ2) is 8.25. The second-order valence-corrected chi connectivity index (χ2v) is 5.36. The van der Waals surface area contributed by atoms with Gasteiger partial charge in [0.1, 0.15) is 0 Å². The Morgan fingerprint density at radius 2 is 2.11 bits per heavy atom. The van der Waals surface area contributed by atoms with E-state index < -0.39 is 0 Å². The highest BCUT2D eigenvalue weighted by atomic mass is 35.5. The SMILES string of the molecule is ClCc1csc(CCCOCCc2ccccn2)n1. The van der Waals surface area contributed by atoms with Gasteiger partial charge in [0.05, 0.1) is 23.2 Å². The molecule has 0 aliphatic heterocycles. The molecule has 2 aromatic heterocycles. The third kappa shape index (κ3) is 5.27. The van der Waals surface area contributed by atoms with Gasteiger partial charge < -0.3 is 4.74 Å². The molecule has 0 atom stereocenters. The standard InChI is InChI=1S/C14H17ClN2OS/c15-10-13-11-19-14(17-13)5-3-8-18-9-6-12-4-1-2-7-16-12/h1-2,4,7,11H,3,5-6,8-10H2. The molecule has 3 nitrogen and oxygen atoms in total. The Morgan fingerprint density at radius 3 is 2.84 bits per heavy atom. The van der Waals surface area contributed by atoms with Crippen LogP contribution in [0.2, 0.25) is 0 Å². The molecule has 0 amide bonds. The van der Waals surface area contributed by atoms with Crippen LogP contribution in [0.15, 0.2) is 29.8 Å². The first-order chi connectivity index (χ1) is 9.38. The molecule has 0 N–H and O–H groups in total. The van der Waals surface area contributed by atoms with Crippen LogP contribution in [0.5, 0.6) is 0 Å². The number of alkyl halides is 1. The van der Waals surface area contributed by atoms with Crippen LogP contribution in [0, 0.1) is 0 Å². The summed E-state index contributed by atoms with van der Waals surface area (Å²) >= 11 is 7.39. The Bertz CT molecular complexity index is 475. The van der Waals surface area contributed by atoms with Crippen molar-refractivity contribution in [2.24, 2.45) is 0 Å². The number of aromatic nitrogens is 2. The van der Waals surface area contributed by atoms with Gasteiger partial charge in [0, 0.05) is 36.7 Å². The fourth-order valence-corrected chi connectivity index (χ4v) is 2.74. The molecule has 0 aliphatic rings. The first-order valence-corrected chi connectivity index (χ1v) is 7.77. The molecule has 0 saturated heterocycles. The molecule has 2 rings (SSSR count). The second-order valence-electron chi connectivity index (χ2n) is 4.15. The first kappa shape index (κ1) is 14.4. The minimum atomic E-state index is 0.497. The molecule has 0 bridgehead atoms. The fraction of sp³-hybridized carbons (Fsp3) is 0.429. The van der Waals surface area contributed by atoms with Crippen molar-refractivity contribution in [3.63, 3.8) is 0 Å². The van der Waals surface area contributed by atoms with E-state index in [1.807, 2.05) is 29.8 Å². The van der Waals surface area contributed by atoms with Crippen molar-refractivity contribution in [1.29, 1.82) is 0 Å². The van der Waals surface area contributed by atoms with E-state index in [4.69, 9.17) is 16.3 Å². The van der Waals surface area contributed by atoms with E-state index in [0.717, 1.165) is 48.9 Å². The van der Waals surface area contributed by atoms with E-state index >= 15 is 0 Å². The van der Waals surface area contributed by atoms with Crippen molar-refractivity contribution in [3.8, 4) is 0 Å². The number of hydrogen-bond acceptors (Lipinski definition) is 4. The van der Waals surface area contributed by atoms with Crippen LogP contribution < -0.4 is 0 Å². The topological polar surface area (TPSA) is 35.0 Å². The Labute approximate surface area is 122 Å². The van der Waals surface area contributed by atoms with Crippen molar-refractivity contribution in [2.75, 3.05) is 13.2 Å². The summed E-state index contributed by atoms with van der Waals surface area (Å²) in [6.07, 6.45) is 4.64. The average Bonchev–Trinajstić information content (AvgIpc) is 2.92. The van der Waals surface area contributed by atoms with Gasteiger partial charge in [0.15, 0.2) is 0 Å². The number of halogens is 1. The zero-order chi connectivity index (χ0) is 13.3. The number of rotatable bonds is 8. The molecule has 0 fully saturated rings. The van der Waals surface area contributed by atoms with Gasteiger partial charge in [-0.1, -0.05) is 6.07 Å². The van der Waals surface area contributed by atoms with Crippen LogP contribution in [0.3, 0.4) is 0 Å². The number of ether oxygens (including phenoxy) is 1. The zero-order valence-corrected chi connectivity index (χ0v) is 12.3. The van der Waals surface area contributed by atoms with Gasteiger partial charge in [-0.05, 0) is 18.6 Å². The lowest BCUT2D eigenvalue weighted by molar-refractivity contribution is 0.134. The Balaban J connectivity index is 1.55. The Kier molecular flexibility index (Phi) is 6.27. The maximum atomic E-state index is 5.71. The number of hydrogen-bond donors (Lipinski definition) is 0. The fourth-order valence-electron chi connectivity index (χ4n) is 1.68. The highest BCUT2D eigenvalue weighted by molar-refractivity contribution is 7.09. The molecule has 0 aliphatic carbocycles. The van der Waals surface area contributed by atoms with Gasteiger partial charge in [0.25, 0.3) is 0 Å². The van der Waals surface area contributed by atoms with Crippen LogP contribution in [0.4, 0.5) is 0 Å². The van der Waals surface area contributed by atoms with Crippen molar-refractivity contribution in [3.05, 3.63) is 46.2 Å². The first-order valence-electron chi connectivity index (χ1n) is 6.35. The monoisotopic (exact) mass is 296 g/mol. The molecule has 5 heteroatoms. The molecule has 2 heterocycles. The van der Waals surface area contributed by atoms with Gasteiger partial charge in [0.2, 0.25) is 0 Å². The van der Waals surface area contributed by atoms with Gasteiger partial charge >= 0.3 is 0 Å². The van der Waals surface area contributed by atoms with E-state index in [1.165, 1.54) is 0 Å². The highest BCUT2D eigenvalue weighted by Crippen LogP contribution is 2.13. The third-order valence-corrected chi connectivity index (χ3v) is 3.88. The highest BCUT2D eigenvalue weighted by Gasteiger charge is 2.01. The van der Waals surface area contributed by atoms with Gasteiger partial charge in [-0.15, -0.1) is 22.9 Å². The minimum absolute atomic E-state index is 0.497. The van der Waals surface area contributed by atoms with E-state index in [2.05, 4.69) is 9.97 Å². The lowest BCUT2D eigenvalue weighted by atomic mass is 10.3. The van der Waals surface area contributed by atoms with Crippen molar-refractivity contribution >= 4 is 22.9 Å². The minimum Gasteiger partial charge on any atom is -0.381 e. The summed E-state index contributed by atoms with van der Waals surface area (Å²) in [5.41, 5.74) is 2.05. The Hall–Kier alpha value is -0.970. The van der Waals surface area contributed by atoms with E-state index in [0.29, 0.717) is 5.88 Å². The molecular weight excluding hydrogens is 280 g/mol. The summed E-state index contributed by atoms with van der Waals surface area (Å²) in [5, 5.41) is 3.16. The molecule has 0 aromatic carbocycles. The van der Waals surface area contributed by atoms with Crippen LogP contribution in [0.25, 0.3) is 0 Å². The summed E-state index contributed by atoms with van der Waals surface area (Å²) in [7, 11) is 0. The smallest absolute Gasteiger partial charge is 0.0929 e. The largest absolute Gasteiger partial charge is 0.381 e. The van der Waals surface area contributed by atoms with E-state index in [9.17, 15) is 0 Å². The molecule has 0 spiro atoms. The quantitative estimate of drug-likeness (QED) is 0.553. The molecule has 2 aromatic rings. The maximum absolute atomic E-state index is 5.71. The Morgan fingerprint density at radius 1 is 1.16 bits per heavy atom. The van der Waals surface area contributed by atoms with Gasteiger partial charge in [-0.25, -0.2) is 4.98 Å². The molecule has 0 unspecified atom stereocenters. The summed E-state index contributed by atoms with van der Waals surface area (Å²) in [4.78, 5) is 8.67. The molecule has 0 saturated carbocycles. The lowest BCUT2D eigenvalue weighted by Gasteiger charge is -2.03. The predicted molar refractivity (Wildman–Crippen MR) is 78.8 cm³/mol. The van der Waals surface area contributed by atoms with Crippen LogP contribution >= 0.6 is 22.9 Å².